The zero-order chi connectivity index (χ0) is 9.56. The Morgan fingerprint density at radius 2 is 1.42 bits per heavy atom. The highest BCUT2D eigenvalue weighted by atomic mass is 28.3. The molecule has 0 aromatic rings. The third kappa shape index (κ3) is 6.86. The molecule has 2 heteroatoms. The molecule has 0 aliphatic carbocycles. The molecule has 0 aliphatic rings. The first-order valence-corrected chi connectivity index (χ1v) is 6.86. The van der Waals surface area contributed by atoms with Gasteiger partial charge in [0, 0.05) is 6.61 Å². The van der Waals surface area contributed by atoms with Gasteiger partial charge in [0.25, 0.3) is 0 Å². The fraction of sp³-hybridized carbons (Fsp3) is 1.00. The van der Waals surface area contributed by atoms with Crippen LogP contribution in [0.25, 0.3) is 0 Å². The molecule has 0 spiro atoms. The van der Waals surface area contributed by atoms with Gasteiger partial charge >= 0.3 is 0 Å². The Kier molecular flexibility index (Phi) is 6.77. The highest BCUT2D eigenvalue weighted by Crippen LogP contribution is 2.15. The van der Waals surface area contributed by atoms with E-state index in [1.165, 1.54) is 12.1 Å². The van der Waals surface area contributed by atoms with Crippen molar-refractivity contribution in [3.63, 3.8) is 0 Å². The summed E-state index contributed by atoms with van der Waals surface area (Å²) in [5.74, 6) is 1.59. The summed E-state index contributed by atoms with van der Waals surface area (Å²) in [6.07, 6.45) is 0. The van der Waals surface area contributed by atoms with Gasteiger partial charge in [0.2, 0.25) is 9.04 Å². The minimum atomic E-state index is -0.495. The van der Waals surface area contributed by atoms with Gasteiger partial charge in [-0.15, -0.1) is 0 Å². The second-order valence-electron chi connectivity index (χ2n) is 4.17. The van der Waals surface area contributed by atoms with E-state index in [1.807, 2.05) is 0 Å². The maximum atomic E-state index is 5.77. The molecule has 0 amide bonds. The van der Waals surface area contributed by atoms with E-state index < -0.39 is 9.04 Å². The fourth-order valence-electron chi connectivity index (χ4n) is 1.32. The van der Waals surface area contributed by atoms with Crippen LogP contribution in [0.15, 0.2) is 0 Å². The molecule has 0 atom stereocenters. The Hall–Kier alpha value is 0.177. The van der Waals surface area contributed by atoms with E-state index in [4.69, 9.17) is 4.43 Å². The van der Waals surface area contributed by atoms with Crippen molar-refractivity contribution in [2.75, 3.05) is 6.61 Å². The van der Waals surface area contributed by atoms with E-state index in [1.54, 1.807) is 0 Å². The minimum absolute atomic E-state index is 0.495. The molecular formula is C10H23OSi. The molecule has 0 heterocycles. The van der Waals surface area contributed by atoms with E-state index in [0.717, 1.165) is 18.4 Å². The Bertz CT molecular complexity index is 92.0. The van der Waals surface area contributed by atoms with Gasteiger partial charge in [-0.1, -0.05) is 27.7 Å². The van der Waals surface area contributed by atoms with Crippen molar-refractivity contribution in [1.29, 1.82) is 0 Å². The molecule has 0 fully saturated rings. The van der Waals surface area contributed by atoms with Crippen LogP contribution in [0.1, 0.15) is 34.6 Å². The topological polar surface area (TPSA) is 9.23 Å². The summed E-state index contributed by atoms with van der Waals surface area (Å²) in [6, 6.07) is 2.60. The molecule has 0 bridgehead atoms. The highest BCUT2D eigenvalue weighted by molar-refractivity contribution is 6.51. The summed E-state index contributed by atoms with van der Waals surface area (Å²) < 4.78 is 5.77. The predicted octanol–water partition coefficient (Wildman–Crippen LogP) is 3.33. The Balaban J connectivity index is 3.69. The lowest BCUT2D eigenvalue weighted by Gasteiger charge is -2.17. The van der Waals surface area contributed by atoms with Crippen LogP contribution < -0.4 is 0 Å². The van der Waals surface area contributed by atoms with Crippen LogP contribution >= 0.6 is 0 Å². The van der Waals surface area contributed by atoms with Crippen LogP contribution in [0.2, 0.25) is 12.1 Å². The van der Waals surface area contributed by atoms with Gasteiger partial charge in [0.1, 0.15) is 0 Å². The summed E-state index contributed by atoms with van der Waals surface area (Å²) in [5.41, 5.74) is 0. The molecule has 0 aromatic heterocycles. The van der Waals surface area contributed by atoms with Crippen molar-refractivity contribution in [1.82, 2.24) is 0 Å². The van der Waals surface area contributed by atoms with Crippen LogP contribution in [-0.4, -0.2) is 15.6 Å². The molecule has 0 saturated carbocycles. The summed E-state index contributed by atoms with van der Waals surface area (Å²) >= 11 is 0. The van der Waals surface area contributed by atoms with Gasteiger partial charge < -0.3 is 4.43 Å². The molecule has 0 saturated heterocycles. The standard InChI is InChI=1S/C10H23OSi/c1-6-11-12(7-9(2)3)8-10(4)5/h9-10H,6-8H2,1-5H3. The van der Waals surface area contributed by atoms with Crippen LogP contribution in [0.3, 0.4) is 0 Å². The molecule has 0 aromatic carbocycles. The predicted molar refractivity (Wildman–Crippen MR) is 56.7 cm³/mol. The normalized spacial score (nSPS) is 12.0. The van der Waals surface area contributed by atoms with E-state index in [0.29, 0.717) is 0 Å². The molecule has 1 nitrogen and oxygen atoms in total. The average molecular weight is 187 g/mol. The van der Waals surface area contributed by atoms with Crippen molar-refractivity contribution < 1.29 is 4.43 Å². The first-order valence-electron chi connectivity index (χ1n) is 5.03. The third-order valence-corrected chi connectivity index (χ3v) is 4.86. The monoisotopic (exact) mass is 187 g/mol. The van der Waals surface area contributed by atoms with Crippen molar-refractivity contribution in [2.45, 2.75) is 46.7 Å². The van der Waals surface area contributed by atoms with Crippen LogP contribution in [-0.2, 0) is 4.43 Å². The zero-order valence-electron chi connectivity index (χ0n) is 9.18. The molecule has 73 valence electrons. The lowest BCUT2D eigenvalue weighted by Crippen LogP contribution is -2.21. The maximum absolute atomic E-state index is 5.77. The van der Waals surface area contributed by atoms with Crippen molar-refractivity contribution >= 4 is 9.04 Å². The van der Waals surface area contributed by atoms with Gasteiger partial charge in [-0.05, 0) is 30.8 Å². The van der Waals surface area contributed by atoms with Crippen molar-refractivity contribution in [3.05, 3.63) is 0 Å². The van der Waals surface area contributed by atoms with Gasteiger partial charge in [-0.3, -0.25) is 0 Å². The van der Waals surface area contributed by atoms with Gasteiger partial charge in [-0.2, -0.15) is 0 Å². The molecule has 0 unspecified atom stereocenters. The van der Waals surface area contributed by atoms with Gasteiger partial charge in [0.05, 0.1) is 0 Å². The molecular weight excluding hydrogens is 164 g/mol. The lowest BCUT2D eigenvalue weighted by atomic mass is 10.3. The van der Waals surface area contributed by atoms with E-state index in [9.17, 15) is 0 Å². The first kappa shape index (κ1) is 12.2. The number of hydrogen-bond donors (Lipinski definition) is 0. The van der Waals surface area contributed by atoms with Crippen LogP contribution in [0.5, 0.6) is 0 Å². The van der Waals surface area contributed by atoms with Gasteiger partial charge in [0.15, 0.2) is 0 Å². The zero-order valence-corrected chi connectivity index (χ0v) is 10.2. The van der Waals surface area contributed by atoms with Crippen molar-refractivity contribution in [3.8, 4) is 0 Å². The minimum Gasteiger partial charge on any atom is -0.417 e. The summed E-state index contributed by atoms with van der Waals surface area (Å²) in [6.45, 7) is 12.1. The summed E-state index contributed by atoms with van der Waals surface area (Å²) in [7, 11) is -0.495. The average Bonchev–Trinajstić information content (AvgIpc) is 1.84. The fourth-order valence-corrected chi connectivity index (χ4v) is 3.95. The van der Waals surface area contributed by atoms with Gasteiger partial charge in [-0.25, -0.2) is 0 Å². The number of hydrogen-bond acceptors (Lipinski definition) is 1. The van der Waals surface area contributed by atoms with Crippen LogP contribution in [0.4, 0.5) is 0 Å². The number of rotatable bonds is 6. The van der Waals surface area contributed by atoms with E-state index in [-0.39, 0.29) is 0 Å². The third-order valence-electron chi connectivity index (χ3n) is 1.62. The van der Waals surface area contributed by atoms with Crippen molar-refractivity contribution in [2.24, 2.45) is 11.8 Å². The molecule has 0 rings (SSSR count). The molecule has 12 heavy (non-hydrogen) atoms. The first-order chi connectivity index (χ1) is 5.56. The van der Waals surface area contributed by atoms with Crippen LogP contribution in [0, 0.1) is 11.8 Å². The quantitative estimate of drug-likeness (QED) is 0.580. The Labute approximate surface area is 79.2 Å². The van der Waals surface area contributed by atoms with E-state index in [2.05, 4.69) is 34.6 Å². The SMILES string of the molecule is CCO[Si](CC(C)C)CC(C)C. The maximum Gasteiger partial charge on any atom is 0.211 e. The smallest absolute Gasteiger partial charge is 0.211 e. The lowest BCUT2D eigenvalue weighted by molar-refractivity contribution is 0.332. The summed E-state index contributed by atoms with van der Waals surface area (Å²) in [5, 5.41) is 0. The molecule has 0 N–H and O–H groups in total. The second kappa shape index (κ2) is 6.67. The molecule has 1 radical (unpaired) electrons. The molecule has 0 aliphatic heterocycles. The largest absolute Gasteiger partial charge is 0.417 e. The van der Waals surface area contributed by atoms with E-state index >= 15 is 0 Å². The highest BCUT2D eigenvalue weighted by Gasteiger charge is 2.15. The summed E-state index contributed by atoms with van der Waals surface area (Å²) in [4.78, 5) is 0. The second-order valence-corrected chi connectivity index (χ2v) is 6.35. The Morgan fingerprint density at radius 1 is 1.00 bits per heavy atom. The Morgan fingerprint density at radius 3 is 1.67 bits per heavy atom.